The van der Waals surface area contributed by atoms with E-state index in [1.807, 2.05) is 7.05 Å². The summed E-state index contributed by atoms with van der Waals surface area (Å²) in [5.74, 6) is 0. The molecule has 1 heterocycles. The zero-order valence-corrected chi connectivity index (χ0v) is 12.2. The number of hydrogen-bond acceptors (Lipinski definition) is 3. The minimum absolute atomic E-state index is 0.914. The van der Waals surface area contributed by atoms with Gasteiger partial charge < -0.3 is 10.2 Å². The molecular formula is C16H25N3. The molecule has 0 spiro atoms. The van der Waals surface area contributed by atoms with Crippen LogP contribution in [-0.4, -0.2) is 44.2 Å². The highest BCUT2D eigenvalue weighted by Crippen LogP contribution is 2.29. The molecule has 3 rings (SSSR count). The van der Waals surface area contributed by atoms with E-state index in [9.17, 15) is 0 Å². The molecule has 104 valence electrons. The maximum Gasteiger partial charge on any atom is 0.0412 e. The van der Waals surface area contributed by atoms with Gasteiger partial charge in [-0.3, -0.25) is 4.90 Å². The van der Waals surface area contributed by atoms with Crippen molar-refractivity contribution >= 4 is 5.69 Å². The first kappa shape index (κ1) is 12.9. The van der Waals surface area contributed by atoms with Gasteiger partial charge in [0.1, 0.15) is 0 Å². The highest BCUT2D eigenvalue weighted by molar-refractivity contribution is 5.55. The molecule has 19 heavy (non-hydrogen) atoms. The van der Waals surface area contributed by atoms with Crippen molar-refractivity contribution in [3.63, 3.8) is 0 Å². The molecule has 1 aliphatic carbocycles. The third-order valence-corrected chi connectivity index (χ3v) is 4.32. The quantitative estimate of drug-likeness (QED) is 0.892. The predicted molar refractivity (Wildman–Crippen MR) is 80.8 cm³/mol. The number of aryl methyl sites for hydroxylation is 1. The van der Waals surface area contributed by atoms with Crippen molar-refractivity contribution in [1.82, 2.24) is 10.2 Å². The van der Waals surface area contributed by atoms with E-state index in [2.05, 4.69) is 40.2 Å². The topological polar surface area (TPSA) is 18.5 Å². The van der Waals surface area contributed by atoms with Gasteiger partial charge in [0.05, 0.1) is 0 Å². The van der Waals surface area contributed by atoms with E-state index in [4.69, 9.17) is 0 Å². The van der Waals surface area contributed by atoms with E-state index in [0.29, 0.717) is 0 Å². The number of nitrogens with zero attached hydrogens (tertiary/aromatic N) is 2. The SMILES string of the molecule is CNCc1cc(C)ccc1N1CCN(C2CC2)CC1. The molecule has 1 saturated heterocycles. The highest BCUT2D eigenvalue weighted by Gasteiger charge is 2.31. The van der Waals surface area contributed by atoms with Crippen LogP contribution in [0.15, 0.2) is 18.2 Å². The van der Waals surface area contributed by atoms with Crippen LogP contribution in [0.2, 0.25) is 0 Å². The Bertz CT molecular complexity index is 432. The summed E-state index contributed by atoms with van der Waals surface area (Å²) in [5, 5.41) is 3.29. The number of rotatable bonds is 4. The van der Waals surface area contributed by atoms with Crippen LogP contribution in [-0.2, 0) is 6.54 Å². The number of nitrogens with one attached hydrogen (secondary N) is 1. The molecule has 3 nitrogen and oxygen atoms in total. The minimum Gasteiger partial charge on any atom is -0.369 e. The van der Waals surface area contributed by atoms with E-state index < -0.39 is 0 Å². The Morgan fingerprint density at radius 2 is 1.89 bits per heavy atom. The Kier molecular flexibility index (Phi) is 3.76. The second-order valence-electron chi connectivity index (χ2n) is 5.92. The minimum atomic E-state index is 0.914. The number of hydrogen-bond donors (Lipinski definition) is 1. The standard InChI is InChI=1S/C16H25N3/c1-13-3-6-16(14(11-13)12-17-2)19-9-7-18(8-10-19)15-4-5-15/h3,6,11,15,17H,4-5,7-10,12H2,1-2H3. The molecule has 0 unspecified atom stereocenters. The van der Waals surface area contributed by atoms with Crippen LogP contribution in [0, 0.1) is 6.92 Å². The summed E-state index contributed by atoms with van der Waals surface area (Å²) in [7, 11) is 2.02. The first-order valence-corrected chi connectivity index (χ1v) is 7.51. The fraction of sp³-hybridized carbons (Fsp3) is 0.625. The second kappa shape index (κ2) is 5.51. The molecule has 1 aromatic carbocycles. The summed E-state index contributed by atoms with van der Waals surface area (Å²) in [6.45, 7) is 7.95. The summed E-state index contributed by atoms with van der Waals surface area (Å²) >= 11 is 0. The number of piperazine rings is 1. The summed E-state index contributed by atoms with van der Waals surface area (Å²) in [6, 6.07) is 7.77. The Balaban J connectivity index is 1.71. The first-order chi connectivity index (χ1) is 9.28. The summed E-state index contributed by atoms with van der Waals surface area (Å²) in [5.41, 5.74) is 4.21. The zero-order chi connectivity index (χ0) is 13.2. The van der Waals surface area contributed by atoms with Gasteiger partial charge in [0.2, 0.25) is 0 Å². The van der Waals surface area contributed by atoms with Gasteiger partial charge in [-0.25, -0.2) is 0 Å². The van der Waals surface area contributed by atoms with Gasteiger partial charge in [0.25, 0.3) is 0 Å². The van der Waals surface area contributed by atoms with Crippen molar-refractivity contribution in [3.05, 3.63) is 29.3 Å². The molecule has 1 saturated carbocycles. The van der Waals surface area contributed by atoms with Crippen molar-refractivity contribution in [3.8, 4) is 0 Å². The molecule has 0 radical (unpaired) electrons. The molecule has 0 bridgehead atoms. The maximum atomic E-state index is 3.29. The maximum absolute atomic E-state index is 3.29. The highest BCUT2D eigenvalue weighted by atomic mass is 15.3. The van der Waals surface area contributed by atoms with Crippen molar-refractivity contribution in [1.29, 1.82) is 0 Å². The van der Waals surface area contributed by atoms with Gasteiger partial charge in [0.15, 0.2) is 0 Å². The first-order valence-electron chi connectivity index (χ1n) is 7.51. The lowest BCUT2D eigenvalue weighted by Gasteiger charge is -2.37. The fourth-order valence-electron chi connectivity index (χ4n) is 3.12. The lowest BCUT2D eigenvalue weighted by Crippen LogP contribution is -2.47. The Hall–Kier alpha value is -1.06. The average molecular weight is 259 g/mol. The van der Waals surface area contributed by atoms with Gasteiger partial charge in [-0.2, -0.15) is 0 Å². The molecule has 1 aliphatic heterocycles. The van der Waals surface area contributed by atoms with Crippen molar-refractivity contribution in [2.75, 3.05) is 38.1 Å². The Labute approximate surface area is 116 Å². The summed E-state index contributed by atoms with van der Waals surface area (Å²) in [6.07, 6.45) is 2.85. The molecule has 3 heteroatoms. The van der Waals surface area contributed by atoms with Crippen LogP contribution in [0.4, 0.5) is 5.69 Å². The smallest absolute Gasteiger partial charge is 0.0412 e. The molecular weight excluding hydrogens is 234 g/mol. The van der Waals surface area contributed by atoms with Crippen LogP contribution in [0.3, 0.4) is 0 Å². The van der Waals surface area contributed by atoms with E-state index in [-0.39, 0.29) is 0 Å². The van der Waals surface area contributed by atoms with Gasteiger partial charge in [0, 0.05) is 44.5 Å². The van der Waals surface area contributed by atoms with Crippen LogP contribution in [0.25, 0.3) is 0 Å². The largest absolute Gasteiger partial charge is 0.369 e. The van der Waals surface area contributed by atoms with Crippen molar-refractivity contribution < 1.29 is 0 Å². The summed E-state index contributed by atoms with van der Waals surface area (Å²) in [4.78, 5) is 5.23. The monoisotopic (exact) mass is 259 g/mol. The number of benzene rings is 1. The van der Waals surface area contributed by atoms with Crippen molar-refractivity contribution in [2.45, 2.75) is 32.4 Å². The fourth-order valence-corrected chi connectivity index (χ4v) is 3.12. The zero-order valence-electron chi connectivity index (χ0n) is 12.2. The lowest BCUT2D eigenvalue weighted by molar-refractivity contribution is 0.248. The average Bonchev–Trinajstić information content (AvgIpc) is 3.24. The molecule has 0 atom stereocenters. The summed E-state index contributed by atoms with van der Waals surface area (Å²) < 4.78 is 0. The second-order valence-corrected chi connectivity index (χ2v) is 5.92. The van der Waals surface area contributed by atoms with Crippen LogP contribution < -0.4 is 10.2 Å². The van der Waals surface area contributed by atoms with Gasteiger partial charge in [-0.05, 0) is 38.4 Å². The van der Waals surface area contributed by atoms with Gasteiger partial charge >= 0.3 is 0 Å². The normalized spacial score (nSPS) is 20.8. The van der Waals surface area contributed by atoms with Crippen LogP contribution >= 0.6 is 0 Å². The molecule has 1 N–H and O–H groups in total. The Morgan fingerprint density at radius 3 is 2.53 bits per heavy atom. The molecule has 0 amide bonds. The lowest BCUT2D eigenvalue weighted by atomic mass is 10.1. The Morgan fingerprint density at radius 1 is 1.16 bits per heavy atom. The van der Waals surface area contributed by atoms with Crippen molar-refractivity contribution in [2.24, 2.45) is 0 Å². The third-order valence-electron chi connectivity index (χ3n) is 4.32. The predicted octanol–water partition coefficient (Wildman–Crippen LogP) is 2.00. The molecule has 1 aromatic rings. The van der Waals surface area contributed by atoms with E-state index >= 15 is 0 Å². The van der Waals surface area contributed by atoms with Crippen LogP contribution in [0.1, 0.15) is 24.0 Å². The van der Waals surface area contributed by atoms with E-state index in [1.54, 1.807) is 0 Å². The third kappa shape index (κ3) is 2.93. The molecule has 0 aromatic heterocycles. The van der Waals surface area contributed by atoms with Gasteiger partial charge in [-0.15, -0.1) is 0 Å². The van der Waals surface area contributed by atoms with Crippen LogP contribution in [0.5, 0.6) is 0 Å². The molecule has 2 fully saturated rings. The van der Waals surface area contributed by atoms with E-state index in [1.165, 1.54) is 55.8 Å². The van der Waals surface area contributed by atoms with E-state index in [0.717, 1.165) is 12.6 Å². The van der Waals surface area contributed by atoms with Gasteiger partial charge in [-0.1, -0.05) is 17.7 Å². The number of anilines is 1. The molecule has 2 aliphatic rings.